The summed E-state index contributed by atoms with van der Waals surface area (Å²) in [5.74, 6) is 0.782. The third-order valence-corrected chi connectivity index (χ3v) is 5.40. The molecule has 0 amide bonds. The number of rotatable bonds is 2. The molecule has 0 spiro atoms. The van der Waals surface area contributed by atoms with Gasteiger partial charge < -0.3 is 0 Å². The molecule has 1 aliphatic carbocycles. The molecule has 6 heteroatoms. The molecule has 1 fully saturated rings. The molecule has 100 valence electrons. The van der Waals surface area contributed by atoms with E-state index in [1.165, 1.54) is 35.3 Å². The van der Waals surface area contributed by atoms with E-state index in [-0.39, 0.29) is 5.92 Å². The van der Waals surface area contributed by atoms with Crippen LogP contribution in [0.15, 0.2) is 17.5 Å². The van der Waals surface area contributed by atoms with E-state index in [9.17, 15) is 0 Å². The number of hydrogen-bond donors (Lipinski definition) is 2. The van der Waals surface area contributed by atoms with E-state index in [1.54, 1.807) is 11.3 Å². The van der Waals surface area contributed by atoms with E-state index in [1.807, 2.05) is 17.5 Å². The largest absolute Gasteiger partial charge is 0.286 e. The van der Waals surface area contributed by atoms with Crippen LogP contribution in [0.2, 0.25) is 0 Å². The highest BCUT2D eigenvalue weighted by Crippen LogP contribution is 2.27. The smallest absolute Gasteiger partial charge is 0.206 e. The number of nitrogens with zero attached hydrogens (tertiary/aromatic N) is 2. The van der Waals surface area contributed by atoms with Gasteiger partial charge in [-0.2, -0.15) is 9.78 Å². The fraction of sp³-hybridized carbons (Fsp3) is 0.462. The minimum absolute atomic E-state index is 0.279. The van der Waals surface area contributed by atoms with Crippen LogP contribution in [0, 0.1) is 16.7 Å². The Hall–Kier alpha value is -1.27. The van der Waals surface area contributed by atoms with Crippen molar-refractivity contribution in [1.29, 1.82) is 10.8 Å². The Balaban J connectivity index is 1.88. The molecular weight excluding hydrogens is 276 g/mol. The third kappa shape index (κ3) is 2.55. The highest BCUT2D eigenvalue weighted by atomic mass is 32.1. The fourth-order valence-electron chi connectivity index (χ4n) is 2.50. The van der Waals surface area contributed by atoms with Crippen LogP contribution in [0.25, 0.3) is 9.88 Å². The summed E-state index contributed by atoms with van der Waals surface area (Å²) in [7, 11) is 0. The Morgan fingerprint density at radius 3 is 2.79 bits per heavy atom. The summed E-state index contributed by atoms with van der Waals surface area (Å²) in [5.41, 5.74) is 0. The van der Waals surface area contributed by atoms with Gasteiger partial charge in [0.05, 0.1) is 4.88 Å². The van der Waals surface area contributed by atoms with E-state index in [0.717, 1.165) is 22.7 Å². The Morgan fingerprint density at radius 1 is 1.32 bits per heavy atom. The molecule has 0 radical (unpaired) electrons. The monoisotopic (exact) mass is 292 g/mol. The summed E-state index contributed by atoms with van der Waals surface area (Å²) < 4.78 is 1.52. The fourth-order valence-corrected chi connectivity index (χ4v) is 4.08. The number of thiophene rings is 1. The van der Waals surface area contributed by atoms with Gasteiger partial charge in [-0.25, -0.2) is 0 Å². The van der Waals surface area contributed by atoms with Crippen molar-refractivity contribution in [3.8, 4) is 9.88 Å². The van der Waals surface area contributed by atoms with Gasteiger partial charge in [0.1, 0.15) is 5.84 Å². The molecule has 4 nitrogen and oxygen atoms in total. The maximum absolute atomic E-state index is 8.29. The van der Waals surface area contributed by atoms with Gasteiger partial charge in [-0.1, -0.05) is 36.7 Å². The van der Waals surface area contributed by atoms with Crippen molar-refractivity contribution in [3.63, 3.8) is 0 Å². The van der Waals surface area contributed by atoms with Crippen LogP contribution in [-0.2, 0) is 0 Å². The van der Waals surface area contributed by atoms with E-state index < -0.39 is 0 Å². The van der Waals surface area contributed by atoms with Crippen molar-refractivity contribution >= 4 is 28.5 Å². The second kappa shape index (κ2) is 5.38. The molecule has 2 aromatic heterocycles. The molecule has 2 aromatic rings. The van der Waals surface area contributed by atoms with Crippen molar-refractivity contribution in [2.24, 2.45) is 5.92 Å². The van der Waals surface area contributed by atoms with Crippen LogP contribution in [0.1, 0.15) is 32.1 Å². The molecule has 0 unspecified atom stereocenters. The number of hydrogen-bond acceptors (Lipinski definition) is 5. The van der Waals surface area contributed by atoms with Crippen molar-refractivity contribution in [3.05, 3.63) is 22.3 Å². The van der Waals surface area contributed by atoms with Gasteiger partial charge in [-0.3, -0.25) is 10.8 Å². The summed E-state index contributed by atoms with van der Waals surface area (Å²) in [4.78, 5) is 1.44. The normalized spacial score (nSPS) is 16.6. The van der Waals surface area contributed by atoms with Gasteiger partial charge in [0.15, 0.2) is 5.01 Å². The molecule has 1 aliphatic rings. The summed E-state index contributed by atoms with van der Waals surface area (Å²) in [6.45, 7) is 0. The van der Waals surface area contributed by atoms with Crippen LogP contribution < -0.4 is 4.80 Å². The van der Waals surface area contributed by atoms with Gasteiger partial charge in [0, 0.05) is 5.92 Å². The number of nitrogens with one attached hydrogen (secondary N) is 2. The molecule has 19 heavy (non-hydrogen) atoms. The lowest BCUT2D eigenvalue weighted by Gasteiger charge is -2.21. The van der Waals surface area contributed by atoms with Crippen molar-refractivity contribution in [2.75, 3.05) is 0 Å². The van der Waals surface area contributed by atoms with E-state index >= 15 is 0 Å². The van der Waals surface area contributed by atoms with Gasteiger partial charge >= 0.3 is 0 Å². The Kier molecular flexibility index (Phi) is 3.61. The van der Waals surface area contributed by atoms with Gasteiger partial charge in [0.2, 0.25) is 4.80 Å². The third-order valence-electron chi connectivity index (χ3n) is 3.53. The van der Waals surface area contributed by atoms with Gasteiger partial charge in [-0.05, 0) is 24.3 Å². The lowest BCUT2D eigenvalue weighted by molar-refractivity contribution is 0.428. The van der Waals surface area contributed by atoms with Crippen LogP contribution in [0.5, 0.6) is 0 Å². The summed E-state index contributed by atoms with van der Waals surface area (Å²) >= 11 is 2.98. The average Bonchev–Trinajstić information content (AvgIpc) is 3.08. The zero-order valence-corrected chi connectivity index (χ0v) is 12.2. The minimum Gasteiger partial charge on any atom is -0.286 e. The first-order valence-corrected chi connectivity index (χ1v) is 8.23. The average molecular weight is 292 g/mol. The maximum atomic E-state index is 8.29. The van der Waals surface area contributed by atoms with Crippen molar-refractivity contribution in [2.45, 2.75) is 32.1 Å². The molecule has 2 heterocycles. The summed E-state index contributed by atoms with van der Waals surface area (Å²) in [6, 6.07) is 4.00. The first-order chi connectivity index (χ1) is 9.25. The van der Waals surface area contributed by atoms with Gasteiger partial charge in [-0.15, -0.1) is 11.3 Å². The molecule has 3 rings (SSSR count). The molecular formula is C13H16N4S2. The molecule has 0 bridgehead atoms. The SMILES string of the molecule is N=C(C1CCCCC1)n1nc(-c2cccs2)sc1=N. The lowest BCUT2D eigenvalue weighted by atomic mass is 9.88. The second-order valence-corrected chi connectivity index (χ2v) is 6.75. The van der Waals surface area contributed by atoms with E-state index in [2.05, 4.69) is 5.10 Å². The van der Waals surface area contributed by atoms with Crippen LogP contribution >= 0.6 is 22.7 Å². The molecule has 0 atom stereocenters. The Morgan fingerprint density at radius 2 is 2.11 bits per heavy atom. The summed E-state index contributed by atoms with van der Waals surface area (Å²) in [6.07, 6.45) is 5.81. The first-order valence-electron chi connectivity index (χ1n) is 6.53. The predicted molar refractivity (Wildman–Crippen MR) is 79.0 cm³/mol. The highest BCUT2D eigenvalue weighted by Gasteiger charge is 2.21. The predicted octanol–water partition coefficient (Wildman–Crippen LogP) is 3.56. The van der Waals surface area contributed by atoms with Crippen molar-refractivity contribution in [1.82, 2.24) is 9.78 Å². The molecule has 1 saturated carbocycles. The van der Waals surface area contributed by atoms with Gasteiger partial charge in [0.25, 0.3) is 0 Å². The topological polar surface area (TPSA) is 65.5 Å². The molecule has 0 aromatic carbocycles. The Bertz CT molecular complexity index is 617. The maximum Gasteiger partial charge on any atom is 0.206 e. The summed E-state index contributed by atoms with van der Waals surface area (Å²) in [5, 5.41) is 23.6. The first kappa shape index (κ1) is 12.7. The molecule has 0 saturated heterocycles. The lowest BCUT2D eigenvalue weighted by Crippen LogP contribution is -2.31. The quantitative estimate of drug-likeness (QED) is 0.645. The minimum atomic E-state index is 0.279. The van der Waals surface area contributed by atoms with E-state index in [4.69, 9.17) is 10.8 Å². The number of aromatic nitrogens is 2. The van der Waals surface area contributed by atoms with Crippen molar-refractivity contribution < 1.29 is 0 Å². The molecule has 0 aliphatic heterocycles. The standard InChI is InChI=1S/C13H16N4S2/c14-11(9-5-2-1-3-6-9)17-13(15)19-12(16-17)10-7-4-8-18-10/h4,7-9,14-15H,1-3,5-6H2. The highest BCUT2D eigenvalue weighted by molar-refractivity contribution is 7.19. The van der Waals surface area contributed by atoms with E-state index in [0.29, 0.717) is 10.6 Å². The zero-order chi connectivity index (χ0) is 13.2. The second-order valence-electron chi connectivity index (χ2n) is 4.82. The Labute approximate surface area is 119 Å². The van der Waals surface area contributed by atoms with Crippen LogP contribution in [0.3, 0.4) is 0 Å². The van der Waals surface area contributed by atoms with Crippen LogP contribution in [-0.4, -0.2) is 15.6 Å². The van der Waals surface area contributed by atoms with Crippen LogP contribution in [0.4, 0.5) is 0 Å². The zero-order valence-electron chi connectivity index (χ0n) is 10.6. The molecule has 2 N–H and O–H groups in total.